The van der Waals surface area contributed by atoms with Crippen molar-refractivity contribution < 1.29 is 9.59 Å². The highest BCUT2D eigenvalue weighted by molar-refractivity contribution is 8.76. The van der Waals surface area contributed by atoms with Crippen molar-refractivity contribution in [1.29, 1.82) is 0 Å². The molecule has 1 heterocycles. The fourth-order valence-electron chi connectivity index (χ4n) is 3.10. The van der Waals surface area contributed by atoms with Crippen LogP contribution in [0.2, 0.25) is 0 Å². The lowest BCUT2D eigenvalue weighted by Crippen LogP contribution is -2.32. The van der Waals surface area contributed by atoms with Crippen molar-refractivity contribution in [2.24, 2.45) is 0 Å². The van der Waals surface area contributed by atoms with E-state index in [1.165, 1.54) is 10.5 Å². The minimum Gasteiger partial charge on any atom is -0.349 e. The molecule has 0 fully saturated rings. The molecule has 1 aliphatic heterocycles. The second-order valence-corrected chi connectivity index (χ2v) is 11.0. The average Bonchev–Trinajstić information content (AvgIpc) is 2.84. The van der Waals surface area contributed by atoms with E-state index in [1.54, 1.807) is 27.7 Å². The Balaban J connectivity index is 1.57. The number of carbonyl (C=O) groups is 2. The van der Waals surface area contributed by atoms with E-state index < -0.39 is 0 Å². The highest BCUT2D eigenvalue weighted by Gasteiger charge is 2.21. The molecular formula is C25H28N2O2S2. The van der Waals surface area contributed by atoms with Crippen LogP contribution in [0, 0.1) is 0 Å². The van der Waals surface area contributed by atoms with Gasteiger partial charge in [-0.25, -0.2) is 0 Å². The number of amides is 2. The van der Waals surface area contributed by atoms with Gasteiger partial charge in [0.2, 0.25) is 0 Å². The summed E-state index contributed by atoms with van der Waals surface area (Å²) in [6, 6.07) is 16.3. The number of hydrogen-bond donors (Lipinski definition) is 2. The van der Waals surface area contributed by atoms with Gasteiger partial charge in [0.05, 0.1) is 0 Å². The van der Waals surface area contributed by atoms with E-state index in [0.29, 0.717) is 17.6 Å². The largest absolute Gasteiger partial charge is 0.349 e. The second-order valence-electron chi connectivity index (χ2n) is 8.69. The second kappa shape index (κ2) is 9.79. The minimum absolute atomic E-state index is 0.114. The molecule has 162 valence electrons. The highest BCUT2D eigenvalue weighted by atomic mass is 33.1. The topological polar surface area (TPSA) is 58.2 Å². The first-order chi connectivity index (χ1) is 14.6. The van der Waals surface area contributed by atoms with E-state index in [2.05, 4.69) is 62.2 Å². The number of carbonyl (C=O) groups excluding carboxylic acids is 2. The summed E-state index contributed by atoms with van der Waals surface area (Å²) in [7, 11) is 3.39. The lowest BCUT2D eigenvalue weighted by molar-refractivity contribution is -0.117. The van der Waals surface area contributed by atoms with Crippen LogP contribution in [-0.4, -0.2) is 17.9 Å². The van der Waals surface area contributed by atoms with Crippen molar-refractivity contribution >= 4 is 39.1 Å². The molecule has 2 aromatic rings. The summed E-state index contributed by atoms with van der Waals surface area (Å²) in [6.07, 6.45) is 2.04. The average molecular weight is 453 g/mol. The molecule has 0 bridgehead atoms. The molecule has 4 nitrogen and oxygen atoms in total. The zero-order valence-corrected chi connectivity index (χ0v) is 20.0. The van der Waals surface area contributed by atoms with Crippen LogP contribution >= 0.6 is 21.6 Å². The Hall–Kier alpha value is -2.44. The van der Waals surface area contributed by atoms with E-state index in [0.717, 1.165) is 10.6 Å². The summed E-state index contributed by atoms with van der Waals surface area (Å²) in [6.45, 7) is 12.2. The molecule has 0 saturated carbocycles. The Bertz CT molecular complexity index is 1000. The molecule has 1 atom stereocenters. The first-order valence-corrected chi connectivity index (χ1v) is 12.3. The number of anilines is 1. The lowest BCUT2D eigenvalue weighted by atomic mass is 9.87. The normalized spacial score (nSPS) is 16.9. The number of benzene rings is 2. The van der Waals surface area contributed by atoms with Crippen LogP contribution < -0.4 is 10.6 Å². The van der Waals surface area contributed by atoms with Crippen molar-refractivity contribution in [1.82, 2.24) is 5.32 Å². The number of nitrogens with one attached hydrogen (secondary N) is 2. The van der Waals surface area contributed by atoms with E-state index >= 15 is 0 Å². The predicted octanol–water partition coefficient (Wildman–Crippen LogP) is 6.11. The standard InChI is InChI=1S/C25H28N2O2S2/c1-16-14-18(15-17(2)26-23(16)28)24(29)27-20-8-12-22(13-9-20)31-30-21-10-6-19(7-11-21)25(3,4)5/h6-14,17H,1,15H2,2-5H3,(H,26,28)(H,27,29). The third-order valence-corrected chi connectivity index (χ3v) is 7.32. The van der Waals surface area contributed by atoms with Crippen LogP contribution in [0.4, 0.5) is 5.69 Å². The summed E-state index contributed by atoms with van der Waals surface area (Å²) in [5.41, 5.74) is 3.04. The molecule has 31 heavy (non-hydrogen) atoms. The summed E-state index contributed by atoms with van der Waals surface area (Å²) < 4.78 is 0. The van der Waals surface area contributed by atoms with Gasteiger partial charge in [-0.2, -0.15) is 0 Å². The molecule has 2 amide bonds. The molecule has 2 N–H and O–H groups in total. The molecule has 0 radical (unpaired) electrons. The van der Waals surface area contributed by atoms with Gasteiger partial charge >= 0.3 is 0 Å². The molecule has 2 aromatic carbocycles. The van der Waals surface area contributed by atoms with Crippen LogP contribution in [0.3, 0.4) is 0 Å². The smallest absolute Gasteiger partial charge is 0.251 e. The van der Waals surface area contributed by atoms with Crippen molar-refractivity contribution in [3.8, 4) is 0 Å². The summed E-state index contributed by atoms with van der Waals surface area (Å²) >= 11 is 0. The van der Waals surface area contributed by atoms with Crippen LogP contribution in [0.1, 0.15) is 39.7 Å². The molecule has 1 aliphatic rings. The Morgan fingerprint density at radius 3 is 2.13 bits per heavy atom. The van der Waals surface area contributed by atoms with Gasteiger partial charge in [-0.1, -0.05) is 61.1 Å². The summed E-state index contributed by atoms with van der Waals surface area (Å²) in [5.74, 6) is -0.444. The third-order valence-electron chi connectivity index (χ3n) is 4.90. The first kappa shape index (κ1) is 23.2. The fraction of sp³-hybridized carbons (Fsp3) is 0.280. The summed E-state index contributed by atoms with van der Waals surface area (Å²) in [4.78, 5) is 26.8. The van der Waals surface area contributed by atoms with Gasteiger partial charge in [-0.3, -0.25) is 9.59 Å². The summed E-state index contributed by atoms with van der Waals surface area (Å²) in [5, 5.41) is 5.72. The molecular weight excluding hydrogens is 424 g/mol. The first-order valence-electron chi connectivity index (χ1n) is 10.2. The van der Waals surface area contributed by atoms with Crippen molar-refractivity contribution in [2.45, 2.75) is 55.4 Å². The van der Waals surface area contributed by atoms with Crippen molar-refractivity contribution in [3.63, 3.8) is 0 Å². The zero-order valence-electron chi connectivity index (χ0n) is 18.3. The third kappa shape index (κ3) is 6.52. The van der Waals surface area contributed by atoms with Gasteiger partial charge in [0, 0.05) is 32.7 Å². The van der Waals surface area contributed by atoms with E-state index in [-0.39, 0.29) is 23.3 Å². The molecule has 0 aromatic heterocycles. The highest BCUT2D eigenvalue weighted by Crippen LogP contribution is 2.38. The molecule has 6 heteroatoms. The SMILES string of the molecule is C=C1C=C(C(=O)Nc2ccc(SSc3ccc(C(C)(C)C)cc3)cc2)CC(C)NC1=O. The quantitative estimate of drug-likeness (QED) is 0.424. The van der Waals surface area contributed by atoms with Crippen molar-refractivity contribution in [2.75, 3.05) is 5.32 Å². The van der Waals surface area contributed by atoms with Gasteiger partial charge < -0.3 is 10.6 Å². The van der Waals surface area contributed by atoms with E-state index in [4.69, 9.17) is 0 Å². The minimum atomic E-state index is -0.234. The lowest BCUT2D eigenvalue weighted by Gasteiger charge is -2.18. The molecule has 0 spiro atoms. The molecule has 3 rings (SSSR count). The van der Waals surface area contributed by atoms with Gasteiger partial charge in [0.1, 0.15) is 0 Å². The molecule has 0 aliphatic carbocycles. The Labute approximate surface area is 192 Å². The van der Waals surface area contributed by atoms with Gasteiger partial charge in [-0.15, -0.1) is 0 Å². The maximum Gasteiger partial charge on any atom is 0.251 e. The van der Waals surface area contributed by atoms with Gasteiger partial charge in [0.15, 0.2) is 0 Å². The van der Waals surface area contributed by atoms with Gasteiger partial charge in [-0.05, 0) is 66.8 Å². The van der Waals surface area contributed by atoms with E-state index in [1.807, 2.05) is 31.2 Å². The number of hydrogen-bond acceptors (Lipinski definition) is 4. The Kier molecular flexibility index (Phi) is 7.34. The maximum absolute atomic E-state index is 12.6. The van der Waals surface area contributed by atoms with Crippen LogP contribution in [0.25, 0.3) is 0 Å². The maximum atomic E-state index is 12.6. The van der Waals surface area contributed by atoms with E-state index in [9.17, 15) is 9.59 Å². The zero-order chi connectivity index (χ0) is 22.6. The van der Waals surface area contributed by atoms with Crippen molar-refractivity contribution in [3.05, 3.63) is 77.9 Å². The monoisotopic (exact) mass is 452 g/mol. The molecule has 0 saturated heterocycles. The fourth-order valence-corrected chi connectivity index (χ4v) is 5.03. The molecule has 1 unspecified atom stereocenters. The Morgan fingerprint density at radius 1 is 1.03 bits per heavy atom. The van der Waals surface area contributed by atoms with Gasteiger partial charge in [0.25, 0.3) is 11.8 Å². The van der Waals surface area contributed by atoms with Crippen LogP contribution in [0.5, 0.6) is 0 Å². The van der Waals surface area contributed by atoms with Crippen LogP contribution in [0.15, 0.2) is 82.1 Å². The predicted molar refractivity (Wildman–Crippen MR) is 131 cm³/mol. The number of rotatable bonds is 5. The van der Waals surface area contributed by atoms with Crippen LogP contribution in [-0.2, 0) is 15.0 Å². The Morgan fingerprint density at radius 2 is 1.58 bits per heavy atom.